The predicted octanol–water partition coefficient (Wildman–Crippen LogP) is 9.65. The minimum absolute atomic E-state index is 0.0812. The molecule has 4 aromatic rings. The lowest BCUT2D eigenvalue weighted by atomic mass is 9.80. The molecule has 2 atom stereocenters. The monoisotopic (exact) mass is 1060 g/mol. The summed E-state index contributed by atoms with van der Waals surface area (Å²) in [4.78, 5) is 38.6. The number of halogens is 2. The number of carboxylic acid groups (broad SMARTS) is 1. The maximum Gasteiger partial charge on any atom is 0.345 e. The van der Waals surface area contributed by atoms with E-state index in [1.54, 1.807) is 24.5 Å². The van der Waals surface area contributed by atoms with E-state index in [-0.39, 0.29) is 43.5 Å². The number of benzene rings is 2. The normalized spacial score (nSPS) is 21.5. The van der Waals surface area contributed by atoms with Gasteiger partial charge in [-0.15, -0.1) is 11.3 Å². The van der Waals surface area contributed by atoms with Crippen LogP contribution < -0.4 is 18.9 Å². The van der Waals surface area contributed by atoms with E-state index in [0.29, 0.717) is 101 Å². The summed E-state index contributed by atoms with van der Waals surface area (Å²) in [5.41, 5.74) is 4.49. The second kappa shape index (κ2) is 26.4. The number of aliphatic imine (C=N–C) groups is 2. The first kappa shape index (κ1) is 54.8. The second-order valence-corrected chi connectivity index (χ2v) is 21.0. The van der Waals surface area contributed by atoms with Crippen molar-refractivity contribution in [2.45, 2.75) is 96.4 Å². The van der Waals surface area contributed by atoms with E-state index in [0.717, 1.165) is 98.3 Å². The maximum absolute atomic E-state index is 13.4. The molecule has 19 heteroatoms. The number of hydrogen-bond donors (Lipinski definition) is 1. The van der Waals surface area contributed by atoms with Gasteiger partial charge in [0.15, 0.2) is 5.75 Å². The predicted molar refractivity (Wildman–Crippen MR) is 286 cm³/mol. The average molecular weight is 1070 g/mol. The molecule has 1 saturated heterocycles. The Morgan fingerprint density at radius 1 is 0.945 bits per heavy atom. The number of nitrogens with zero attached hydrogens (tertiary/aromatic N) is 6. The zero-order valence-electron chi connectivity index (χ0n) is 42.8. The Labute approximate surface area is 443 Å². The molecule has 3 aliphatic heterocycles. The number of allylic oxidation sites excluding steroid dienone is 1. The van der Waals surface area contributed by atoms with Crippen LogP contribution in [0, 0.1) is 19.8 Å². The lowest BCUT2D eigenvalue weighted by Crippen LogP contribution is -2.49. The van der Waals surface area contributed by atoms with Crippen molar-refractivity contribution >= 4 is 63.3 Å². The Morgan fingerprint density at radius 2 is 1.66 bits per heavy atom. The van der Waals surface area contributed by atoms with Gasteiger partial charge in [0.25, 0.3) is 0 Å². The molecule has 2 aromatic heterocycles. The summed E-state index contributed by atoms with van der Waals surface area (Å²) in [5, 5.41) is 12.4. The molecule has 5 aliphatic rings. The zero-order valence-corrected chi connectivity index (χ0v) is 45.1. The second-order valence-electron chi connectivity index (χ2n) is 19.2. The van der Waals surface area contributed by atoms with Gasteiger partial charge in [-0.2, -0.15) is 0 Å². The number of aromatic nitrogens is 2. The van der Waals surface area contributed by atoms with Gasteiger partial charge in [-0.05, 0) is 114 Å². The molecule has 0 radical (unpaired) electrons. The first-order chi connectivity index (χ1) is 35.5. The zero-order chi connectivity index (χ0) is 51.4. The van der Waals surface area contributed by atoms with Gasteiger partial charge < -0.3 is 47.9 Å². The highest BCUT2D eigenvalue weighted by Gasteiger charge is 2.35. The number of rotatable bonds is 19. The summed E-state index contributed by atoms with van der Waals surface area (Å²) in [5.74, 6) is 1.38. The van der Waals surface area contributed by atoms with Crippen LogP contribution >= 0.6 is 34.5 Å². The highest BCUT2D eigenvalue weighted by Crippen LogP contribution is 2.54. The molecule has 0 unspecified atom stereocenters. The van der Waals surface area contributed by atoms with Crippen molar-refractivity contribution in [2.24, 2.45) is 15.9 Å². The van der Waals surface area contributed by atoms with Crippen LogP contribution in [0.1, 0.15) is 79.4 Å². The molecule has 4 bridgehead atoms. The van der Waals surface area contributed by atoms with Crippen molar-refractivity contribution in [3.63, 3.8) is 0 Å². The fourth-order valence-corrected chi connectivity index (χ4v) is 11.7. The van der Waals surface area contributed by atoms with Gasteiger partial charge in [0.2, 0.25) is 12.0 Å². The highest BCUT2D eigenvalue weighted by atomic mass is 35.5. The van der Waals surface area contributed by atoms with E-state index < -0.39 is 18.2 Å². The molecule has 3 fully saturated rings. The van der Waals surface area contributed by atoms with Gasteiger partial charge in [0, 0.05) is 68.2 Å². The number of amidine groups is 1. The first-order valence-electron chi connectivity index (χ1n) is 25.5. The van der Waals surface area contributed by atoms with Crippen LogP contribution in [-0.2, 0) is 30.2 Å². The molecule has 2 aromatic carbocycles. The number of piperazine rings is 1. The topological polar surface area (TPSA) is 168 Å². The van der Waals surface area contributed by atoms with E-state index in [4.69, 9.17) is 71.1 Å². The Kier molecular flexibility index (Phi) is 19.8. The number of methoxy groups -OCH3 is 1. The van der Waals surface area contributed by atoms with Crippen molar-refractivity contribution in [1.29, 1.82) is 0 Å². The number of fused-ring (bicyclic) bond motifs is 7. The van der Waals surface area contributed by atoms with E-state index in [2.05, 4.69) is 33.5 Å². The van der Waals surface area contributed by atoms with Crippen LogP contribution in [0.15, 0.2) is 46.3 Å². The molecule has 9 rings (SSSR count). The lowest BCUT2D eigenvalue weighted by molar-refractivity contribution is -0.145. The third-order valence-corrected chi connectivity index (χ3v) is 16.5. The Bertz CT molecular complexity index is 2560. The minimum atomic E-state index is -1.38. The van der Waals surface area contributed by atoms with E-state index >= 15 is 0 Å². The number of carboxylic acids is 1. The molecule has 0 spiro atoms. The number of ether oxygens (including phenoxy) is 8. The van der Waals surface area contributed by atoms with Crippen LogP contribution in [0.2, 0.25) is 10.0 Å². The molecular weight excluding hydrogens is 996 g/mol. The van der Waals surface area contributed by atoms with Crippen molar-refractivity contribution < 1.29 is 47.8 Å². The van der Waals surface area contributed by atoms with Crippen molar-refractivity contribution in [2.75, 3.05) is 99.7 Å². The largest absolute Gasteiger partial charge is 0.490 e. The quantitative estimate of drug-likeness (QED) is 0.0535. The van der Waals surface area contributed by atoms with Gasteiger partial charge in [-0.25, -0.2) is 24.7 Å². The molecule has 2 aliphatic carbocycles. The number of likely N-dealkylation sites (N-methyl/N-ethyl adjacent to an activating group) is 1. The summed E-state index contributed by atoms with van der Waals surface area (Å²) < 4.78 is 48.8. The van der Waals surface area contributed by atoms with Crippen LogP contribution in [0.5, 0.6) is 23.1 Å². The first-order valence-corrected chi connectivity index (χ1v) is 27.1. The van der Waals surface area contributed by atoms with Crippen LogP contribution in [0.4, 0.5) is 0 Å². The van der Waals surface area contributed by atoms with Gasteiger partial charge >= 0.3 is 5.97 Å². The Morgan fingerprint density at radius 3 is 2.32 bits per heavy atom. The van der Waals surface area contributed by atoms with E-state index in [1.165, 1.54) is 6.33 Å². The third-order valence-electron chi connectivity index (χ3n) is 14.3. The van der Waals surface area contributed by atoms with Crippen molar-refractivity contribution in [3.8, 4) is 34.3 Å². The molecule has 1 N–H and O–H groups in total. The van der Waals surface area contributed by atoms with Crippen LogP contribution in [-0.4, -0.2) is 161 Å². The summed E-state index contributed by atoms with van der Waals surface area (Å²) >= 11 is 16.3. The highest BCUT2D eigenvalue weighted by molar-refractivity contribution is 7.19. The van der Waals surface area contributed by atoms with E-state index in [9.17, 15) is 9.90 Å². The number of hydrogen-bond acceptors (Lipinski definition) is 15. The average Bonchev–Trinajstić information content (AvgIpc) is 3.74. The summed E-state index contributed by atoms with van der Waals surface area (Å²) in [6.07, 6.45) is 8.11. The standard InChI is InChI=1S/C54H70Cl2N6O10S/c1-7-38(60-51(57-4)36-11-13-39(14-12-36)68-26-25-67-24-23-66-22-21-65-6)30-70-42-16-15-40-27-37(42)28-43(54(63)64)72-52-46-45(50(35-9-8-10-35)73-53(46)59-32-58-52)44-33(2)47(55)49(48(56)34(44)3)71-41(31-69-40)29-62-19-17-61(5)18-20-62/h7,15-16,27,32,35-36,39,41,43H,4,8-14,17-26,28-31H2,1-3,5-6H3,(H,63,64)/b38-7-,60-51-/t36-,39-,41-,43-/m1/s1. The molecule has 73 heavy (non-hydrogen) atoms. The van der Waals surface area contributed by atoms with Gasteiger partial charge in [-0.1, -0.05) is 35.7 Å². The molecular formula is C54H70Cl2N6O10S. The van der Waals surface area contributed by atoms with Gasteiger partial charge in [-0.3, -0.25) is 4.90 Å². The molecule has 0 amide bonds. The van der Waals surface area contributed by atoms with Crippen molar-refractivity contribution in [1.82, 2.24) is 19.8 Å². The third kappa shape index (κ3) is 13.7. The molecule has 396 valence electrons. The van der Waals surface area contributed by atoms with Gasteiger partial charge in [0.05, 0.1) is 66.9 Å². The smallest absolute Gasteiger partial charge is 0.345 e. The summed E-state index contributed by atoms with van der Waals surface area (Å²) in [6.45, 7) is 17.3. The number of aliphatic carboxylic acids is 1. The number of thiophene rings is 1. The fraction of sp³-hybridized carbons (Fsp3) is 0.574. The van der Waals surface area contributed by atoms with E-state index in [1.807, 2.05) is 39.0 Å². The fourth-order valence-electron chi connectivity index (χ4n) is 9.85. The minimum Gasteiger partial charge on any atom is -0.490 e. The molecule has 16 nitrogen and oxygen atoms in total. The van der Waals surface area contributed by atoms with Crippen molar-refractivity contribution in [3.05, 3.63) is 67.9 Å². The van der Waals surface area contributed by atoms with Gasteiger partial charge in [0.1, 0.15) is 47.8 Å². The Hall–Kier alpha value is -4.43. The summed E-state index contributed by atoms with van der Waals surface area (Å²) in [6, 6.07) is 5.42. The van der Waals surface area contributed by atoms with Crippen LogP contribution in [0.25, 0.3) is 21.3 Å². The maximum atomic E-state index is 13.4. The molecule has 2 saturated carbocycles. The SMILES string of the molecule is C=N/C(=N\C(=C/C)COc1ccc2cc1C[C@H](C(=O)O)Oc1ncnc3sc(C4CCC4)c(c13)-c1c(C)c(Cl)c(c(Cl)c1C)O[C@H](CN1CCN(C)CC1)CO2)[C@H]1CC[C@H](OCCOCCOCCOC)CC1. The summed E-state index contributed by atoms with van der Waals surface area (Å²) in [7, 11) is 3.77. The Balaban J connectivity index is 1.05. The number of carbonyl (C=O) groups is 1. The van der Waals surface area contributed by atoms with Crippen LogP contribution in [0.3, 0.4) is 0 Å². The lowest BCUT2D eigenvalue weighted by Gasteiger charge is -2.35. The molecule has 5 heterocycles.